The number of rotatable bonds is 4. The van der Waals surface area contributed by atoms with Gasteiger partial charge in [0.1, 0.15) is 0 Å². The first-order valence-electron chi connectivity index (χ1n) is 5.49. The molecule has 0 aliphatic heterocycles. The quantitative estimate of drug-likeness (QED) is 0.788. The van der Waals surface area contributed by atoms with Crippen molar-refractivity contribution in [2.75, 3.05) is 0 Å². The first-order valence-corrected chi connectivity index (χ1v) is 5.87. The molecule has 0 radical (unpaired) electrons. The minimum absolute atomic E-state index is 0.735. The van der Waals surface area contributed by atoms with Gasteiger partial charge in [-0.1, -0.05) is 24.9 Å². The van der Waals surface area contributed by atoms with Crippen molar-refractivity contribution in [3.05, 3.63) is 41.4 Å². The number of hydrogen-bond donors (Lipinski definition) is 0. The molecule has 0 unspecified atom stereocenters. The molecule has 2 aromatic rings. The number of benzene rings is 1. The van der Waals surface area contributed by atoms with Gasteiger partial charge in [-0.15, -0.1) is 0 Å². The Labute approximate surface area is 100 Å². The molecule has 1 heterocycles. The maximum absolute atomic E-state index is 5.85. The van der Waals surface area contributed by atoms with Crippen LogP contribution in [0, 0.1) is 0 Å². The Kier molecular flexibility index (Phi) is 3.62. The van der Waals surface area contributed by atoms with Gasteiger partial charge in [0.05, 0.1) is 5.69 Å². The minimum atomic E-state index is 0.735. The van der Waals surface area contributed by atoms with Gasteiger partial charge in [-0.3, -0.25) is 0 Å². The SMILES string of the molecule is CCCCc1ncoc1-c1ccc(Cl)cc1. The van der Waals surface area contributed by atoms with Gasteiger partial charge >= 0.3 is 0 Å². The van der Waals surface area contributed by atoms with Crippen LogP contribution in [-0.4, -0.2) is 4.98 Å². The Morgan fingerprint density at radius 3 is 2.69 bits per heavy atom. The van der Waals surface area contributed by atoms with Crippen LogP contribution in [-0.2, 0) is 6.42 Å². The molecule has 0 N–H and O–H groups in total. The Balaban J connectivity index is 2.26. The van der Waals surface area contributed by atoms with Gasteiger partial charge in [-0.25, -0.2) is 4.98 Å². The monoisotopic (exact) mass is 235 g/mol. The summed E-state index contributed by atoms with van der Waals surface area (Å²) < 4.78 is 5.43. The van der Waals surface area contributed by atoms with Gasteiger partial charge in [0.2, 0.25) is 0 Å². The summed E-state index contributed by atoms with van der Waals surface area (Å²) in [6.45, 7) is 2.17. The van der Waals surface area contributed by atoms with Gasteiger partial charge in [0.25, 0.3) is 0 Å². The first-order chi connectivity index (χ1) is 7.81. The Morgan fingerprint density at radius 1 is 1.25 bits per heavy atom. The van der Waals surface area contributed by atoms with Crippen molar-refractivity contribution in [3.8, 4) is 11.3 Å². The number of aromatic nitrogens is 1. The molecule has 2 rings (SSSR count). The van der Waals surface area contributed by atoms with Gasteiger partial charge in [0, 0.05) is 10.6 Å². The van der Waals surface area contributed by atoms with Crippen molar-refractivity contribution in [1.82, 2.24) is 4.98 Å². The van der Waals surface area contributed by atoms with Crippen molar-refractivity contribution in [2.24, 2.45) is 0 Å². The third-order valence-corrected chi connectivity index (χ3v) is 2.77. The second kappa shape index (κ2) is 5.17. The maximum atomic E-state index is 5.85. The predicted molar refractivity (Wildman–Crippen MR) is 65.6 cm³/mol. The number of nitrogens with zero attached hydrogens (tertiary/aromatic N) is 1. The lowest BCUT2D eigenvalue weighted by atomic mass is 10.1. The zero-order valence-corrected chi connectivity index (χ0v) is 10.00. The lowest BCUT2D eigenvalue weighted by Gasteiger charge is -2.00. The molecule has 1 aromatic carbocycles. The maximum Gasteiger partial charge on any atom is 0.181 e. The molecule has 0 saturated heterocycles. The third-order valence-electron chi connectivity index (χ3n) is 2.51. The van der Waals surface area contributed by atoms with E-state index in [0.717, 1.165) is 41.3 Å². The molecule has 0 spiro atoms. The molecule has 2 nitrogen and oxygen atoms in total. The summed E-state index contributed by atoms with van der Waals surface area (Å²) in [5, 5.41) is 0.735. The Hall–Kier alpha value is -1.28. The van der Waals surface area contributed by atoms with Crippen LogP contribution in [0.2, 0.25) is 5.02 Å². The lowest BCUT2D eigenvalue weighted by molar-refractivity contribution is 0.570. The summed E-state index contributed by atoms with van der Waals surface area (Å²) in [5.41, 5.74) is 2.07. The van der Waals surface area contributed by atoms with E-state index in [1.807, 2.05) is 24.3 Å². The minimum Gasteiger partial charge on any atom is -0.443 e. The average molecular weight is 236 g/mol. The topological polar surface area (TPSA) is 26.0 Å². The Bertz CT molecular complexity index is 447. The molecule has 0 atom stereocenters. The molecule has 0 saturated carbocycles. The fraction of sp³-hybridized carbons (Fsp3) is 0.308. The summed E-state index contributed by atoms with van der Waals surface area (Å²) in [6.07, 6.45) is 4.76. The normalized spacial score (nSPS) is 10.6. The highest BCUT2D eigenvalue weighted by Crippen LogP contribution is 2.25. The molecule has 0 aliphatic rings. The number of unbranched alkanes of at least 4 members (excludes halogenated alkanes) is 1. The number of halogens is 1. The highest BCUT2D eigenvalue weighted by Gasteiger charge is 2.09. The molecule has 0 aliphatic carbocycles. The van der Waals surface area contributed by atoms with Crippen molar-refractivity contribution < 1.29 is 4.42 Å². The van der Waals surface area contributed by atoms with Crippen LogP contribution in [0.3, 0.4) is 0 Å². The molecule has 1 aromatic heterocycles. The van der Waals surface area contributed by atoms with Gasteiger partial charge in [-0.05, 0) is 37.1 Å². The first kappa shape index (κ1) is 11.2. The number of oxazole rings is 1. The van der Waals surface area contributed by atoms with E-state index in [0.29, 0.717) is 0 Å². The molecule has 0 fully saturated rings. The summed E-state index contributed by atoms with van der Waals surface area (Å²) in [7, 11) is 0. The Morgan fingerprint density at radius 2 is 2.00 bits per heavy atom. The van der Waals surface area contributed by atoms with E-state index in [9.17, 15) is 0 Å². The largest absolute Gasteiger partial charge is 0.443 e. The van der Waals surface area contributed by atoms with Crippen LogP contribution in [0.1, 0.15) is 25.5 Å². The van der Waals surface area contributed by atoms with Crippen LogP contribution in [0.4, 0.5) is 0 Å². The summed E-state index contributed by atoms with van der Waals surface area (Å²) in [5.74, 6) is 0.866. The van der Waals surface area contributed by atoms with E-state index < -0.39 is 0 Å². The van der Waals surface area contributed by atoms with Crippen LogP contribution in [0.25, 0.3) is 11.3 Å². The van der Waals surface area contributed by atoms with Gasteiger partial charge < -0.3 is 4.42 Å². The van der Waals surface area contributed by atoms with Crippen molar-refractivity contribution in [2.45, 2.75) is 26.2 Å². The van der Waals surface area contributed by atoms with E-state index in [-0.39, 0.29) is 0 Å². The molecule has 16 heavy (non-hydrogen) atoms. The molecular formula is C13H14ClNO. The fourth-order valence-corrected chi connectivity index (χ4v) is 1.75. The van der Waals surface area contributed by atoms with E-state index in [1.54, 1.807) is 0 Å². The van der Waals surface area contributed by atoms with E-state index in [4.69, 9.17) is 16.0 Å². The van der Waals surface area contributed by atoms with E-state index in [2.05, 4.69) is 11.9 Å². The van der Waals surface area contributed by atoms with Crippen molar-refractivity contribution in [1.29, 1.82) is 0 Å². The highest BCUT2D eigenvalue weighted by atomic mass is 35.5. The highest BCUT2D eigenvalue weighted by molar-refractivity contribution is 6.30. The molecule has 0 amide bonds. The summed E-state index contributed by atoms with van der Waals surface area (Å²) >= 11 is 5.85. The van der Waals surface area contributed by atoms with Crippen LogP contribution in [0.15, 0.2) is 35.1 Å². The zero-order valence-electron chi connectivity index (χ0n) is 9.24. The zero-order chi connectivity index (χ0) is 11.4. The average Bonchev–Trinajstić information content (AvgIpc) is 2.75. The standard InChI is InChI=1S/C13H14ClNO/c1-2-3-4-12-13(16-9-15-12)10-5-7-11(14)8-6-10/h5-9H,2-4H2,1H3. The van der Waals surface area contributed by atoms with Crippen LogP contribution < -0.4 is 0 Å². The second-order valence-electron chi connectivity index (χ2n) is 3.74. The van der Waals surface area contributed by atoms with Gasteiger partial charge in [-0.2, -0.15) is 0 Å². The lowest BCUT2D eigenvalue weighted by Crippen LogP contribution is -1.88. The fourth-order valence-electron chi connectivity index (χ4n) is 1.63. The number of hydrogen-bond acceptors (Lipinski definition) is 2. The van der Waals surface area contributed by atoms with Crippen molar-refractivity contribution >= 4 is 11.6 Å². The predicted octanol–water partition coefficient (Wildman–Crippen LogP) is 4.34. The van der Waals surface area contributed by atoms with Crippen LogP contribution in [0.5, 0.6) is 0 Å². The van der Waals surface area contributed by atoms with Crippen LogP contribution >= 0.6 is 11.6 Å². The second-order valence-corrected chi connectivity index (χ2v) is 4.18. The van der Waals surface area contributed by atoms with E-state index >= 15 is 0 Å². The smallest absolute Gasteiger partial charge is 0.181 e. The van der Waals surface area contributed by atoms with Crippen molar-refractivity contribution in [3.63, 3.8) is 0 Å². The molecular weight excluding hydrogens is 222 g/mol. The summed E-state index contributed by atoms with van der Waals surface area (Å²) in [4.78, 5) is 4.25. The number of aryl methyl sites for hydroxylation is 1. The summed E-state index contributed by atoms with van der Waals surface area (Å²) in [6, 6.07) is 7.64. The molecule has 84 valence electrons. The van der Waals surface area contributed by atoms with E-state index in [1.165, 1.54) is 6.39 Å². The third kappa shape index (κ3) is 2.45. The molecule has 0 bridgehead atoms. The molecule has 3 heteroatoms. The van der Waals surface area contributed by atoms with Gasteiger partial charge in [0.15, 0.2) is 12.2 Å².